The highest BCUT2D eigenvalue weighted by molar-refractivity contribution is 7.92. The van der Waals surface area contributed by atoms with Gasteiger partial charge in [0.1, 0.15) is 6.04 Å². The summed E-state index contributed by atoms with van der Waals surface area (Å²) in [5, 5.41) is 3.56. The van der Waals surface area contributed by atoms with Crippen molar-refractivity contribution in [1.82, 2.24) is 10.2 Å². The first kappa shape index (κ1) is 32.2. The molecule has 0 aliphatic heterocycles. The first-order valence-electron chi connectivity index (χ1n) is 13.8. The molecule has 0 unspecified atom stereocenters. The zero-order chi connectivity index (χ0) is 30.2. The van der Waals surface area contributed by atoms with E-state index < -0.39 is 16.1 Å². The standard InChI is InChI=1S/C32H40ClN3O4S/c1-23(2)34-32(38)30(21-26-10-7-6-8-11-26)35(22-27-15-17-28(33)18-16-27)31(37)12-9-19-36(41(5,39)40)29-20-24(3)13-14-25(29)4/h6-8,10-11,13-18,20,23,30H,9,12,19,21-22H2,1-5H3,(H,34,38)/t30-/m1/s1. The number of hydrogen-bond donors (Lipinski definition) is 1. The Morgan fingerprint density at radius 1 is 0.927 bits per heavy atom. The average Bonchev–Trinajstić information content (AvgIpc) is 2.90. The van der Waals surface area contributed by atoms with Gasteiger partial charge < -0.3 is 10.2 Å². The second-order valence-electron chi connectivity index (χ2n) is 10.7. The normalized spacial score (nSPS) is 12.2. The average molecular weight is 598 g/mol. The summed E-state index contributed by atoms with van der Waals surface area (Å²) in [5.74, 6) is -0.464. The fraction of sp³-hybridized carbons (Fsp3) is 0.375. The highest BCUT2D eigenvalue weighted by Crippen LogP contribution is 2.25. The Hall–Kier alpha value is -3.36. The zero-order valence-electron chi connectivity index (χ0n) is 24.4. The number of benzene rings is 3. The zero-order valence-corrected chi connectivity index (χ0v) is 26.0. The minimum atomic E-state index is -3.58. The Morgan fingerprint density at radius 2 is 1.59 bits per heavy atom. The van der Waals surface area contributed by atoms with E-state index in [4.69, 9.17) is 11.6 Å². The van der Waals surface area contributed by atoms with Crippen LogP contribution < -0.4 is 9.62 Å². The first-order chi connectivity index (χ1) is 19.3. The highest BCUT2D eigenvalue weighted by atomic mass is 35.5. The molecule has 0 aliphatic carbocycles. The third kappa shape index (κ3) is 9.61. The monoisotopic (exact) mass is 597 g/mol. The van der Waals surface area contributed by atoms with Gasteiger partial charge in [-0.3, -0.25) is 13.9 Å². The van der Waals surface area contributed by atoms with E-state index in [1.165, 1.54) is 10.6 Å². The summed E-state index contributed by atoms with van der Waals surface area (Å²) in [5.41, 5.74) is 4.17. The smallest absolute Gasteiger partial charge is 0.243 e. The maximum Gasteiger partial charge on any atom is 0.243 e. The third-order valence-corrected chi connectivity index (χ3v) is 8.19. The lowest BCUT2D eigenvalue weighted by Gasteiger charge is -2.32. The van der Waals surface area contributed by atoms with Crippen LogP contribution in [-0.2, 0) is 32.6 Å². The first-order valence-corrected chi connectivity index (χ1v) is 16.0. The molecule has 41 heavy (non-hydrogen) atoms. The molecule has 1 N–H and O–H groups in total. The summed E-state index contributed by atoms with van der Waals surface area (Å²) in [6.07, 6.45) is 1.89. The summed E-state index contributed by atoms with van der Waals surface area (Å²) in [6.45, 7) is 7.91. The number of nitrogens with one attached hydrogen (secondary N) is 1. The van der Waals surface area contributed by atoms with Crippen LogP contribution in [0.5, 0.6) is 0 Å². The van der Waals surface area contributed by atoms with Gasteiger partial charge in [-0.2, -0.15) is 0 Å². The molecule has 0 heterocycles. The van der Waals surface area contributed by atoms with Gasteiger partial charge in [-0.25, -0.2) is 8.42 Å². The van der Waals surface area contributed by atoms with Gasteiger partial charge >= 0.3 is 0 Å². The number of amides is 2. The van der Waals surface area contributed by atoms with Crippen LogP contribution in [0.4, 0.5) is 5.69 Å². The Labute approximate surface area is 249 Å². The van der Waals surface area contributed by atoms with E-state index in [9.17, 15) is 18.0 Å². The maximum absolute atomic E-state index is 13.9. The summed E-state index contributed by atoms with van der Waals surface area (Å²) in [4.78, 5) is 29.0. The molecule has 0 fully saturated rings. The van der Waals surface area contributed by atoms with Gasteiger partial charge in [-0.05, 0) is 74.6 Å². The van der Waals surface area contributed by atoms with Gasteiger partial charge in [0.15, 0.2) is 0 Å². The number of nitrogens with zero attached hydrogens (tertiary/aromatic N) is 2. The topological polar surface area (TPSA) is 86.8 Å². The van der Waals surface area contributed by atoms with Crippen molar-refractivity contribution in [3.8, 4) is 0 Å². The highest BCUT2D eigenvalue weighted by Gasteiger charge is 2.31. The Balaban J connectivity index is 1.89. The van der Waals surface area contributed by atoms with Crippen LogP contribution in [-0.4, -0.2) is 50.0 Å². The molecule has 1 atom stereocenters. The largest absolute Gasteiger partial charge is 0.352 e. The van der Waals surface area contributed by atoms with Crippen molar-refractivity contribution in [3.05, 3.63) is 100 Å². The van der Waals surface area contributed by atoms with Crippen molar-refractivity contribution in [3.63, 3.8) is 0 Å². The van der Waals surface area contributed by atoms with Gasteiger partial charge in [-0.15, -0.1) is 0 Å². The van der Waals surface area contributed by atoms with E-state index >= 15 is 0 Å². The van der Waals surface area contributed by atoms with E-state index in [0.717, 1.165) is 22.3 Å². The summed E-state index contributed by atoms with van der Waals surface area (Å²) in [6, 6.07) is 21.6. The lowest BCUT2D eigenvalue weighted by atomic mass is 10.0. The van der Waals surface area contributed by atoms with Crippen molar-refractivity contribution in [2.45, 2.75) is 65.6 Å². The molecule has 0 saturated carbocycles. The Kier molecular flexibility index (Phi) is 11.4. The van der Waals surface area contributed by atoms with Crippen LogP contribution in [0.3, 0.4) is 0 Å². The van der Waals surface area contributed by atoms with Gasteiger partial charge in [0, 0.05) is 37.0 Å². The van der Waals surface area contributed by atoms with Crippen LogP contribution in [0.15, 0.2) is 72.8 Å². The number of rotatable bonds is 13. The lowest BCUT2D eigenvalue weighted by molar-refractivity contribution is -0.141. The predicted octanol–water partition coefficient (Wildman–Crippen LogP) is 5.67. The lowest BCUT2D eigenvalue weighted by Crippen LogP contribution is -2.51. The Morgan fingerprint density at radius 3 is 2.20 bits per heavy atom. The van der Waals surface area contributed by atoms with Crippen molar-refractivity contribution < 1.29 is 18.0 Å². The minimum absolute atomic E-state index is 0.0741. The molecule has 3 rings (SSSR count). The molecule has 9 heteroatoms. The number of carbonyl (C=O) groups is 2. The summed E-state index contributed by atoms with van der Waals surface area (Å²) < 4.78 is 26.8. The molecule has 0 aliphatic rings. The van der Waals surface area contributed by atoms with Crippen LogP contribution in [0, 0.1) is 13.8 Å². The fourth-order valence-electron chi connectivity index (χ4n) is 4.69. The van der Waals surface area contributed by atoms with Crippen molar-refractivity contribution in [2.24, 2.45) is 0 Å². The molecule has 0 bridgehead atoms. The van der Waals surface area contributed by atoms with Crippen molar-refractivity contribution in [2.75, 3.05) is 17.1 Å². The van der Waals surface area contributed by atoms with Crippen LogP contribution in [0.25, 0.3) is 0 Å². The van der Waals surface area contributed by atoms with Crippen LogP contribution >= 0.6 is 11.6 Å². The molecule has 2 amide bonds. The third-order valence-electron chi connectivity index (χ3n) is 6.75. The van der Waals surface area contributed by atoms with Crippen molar-refractivity contribution in [1.29, 1.82) is 0 Å². The fourth-order valence-corrected chi connectivity index (χ4v) is 5.83. The van der Waals surface area contributed by atoms with E-state index in [0.29, 0.717) is 23.6 Å². The van der Waals surface area contributed by atoms with E-state index in [2.05, 4.69) is 5.32 Å². The van der Waals surface area contributed by atoms with Gasteiger partial charge in [0.2, 0.25) is 21.8 Å². The van der Waals surface area contributed by atoms with Crippen LogP contribution in [0.1, 0.15) is 48.9 Å². The van der Waals surface area contributed by atoms with E-state index in [1.807, 2.05) is 88.4 Å². The number of aryl methyl sites for hydroxylation is 2. The maximum atomic E-state index is 13.9. The SMILES string of the molecule is Cc1ccc(C)c(N(CCCC(=O)N(Cc2ccc(Cl)cc2)[C@H](Cc2ccccc2)C(=O)NC(C)C)S(C)(=O)=O)c1. The minimum Gasteiger partial charge on any atom is -0.352 e. The number of carbonyl (C=O) groups excluding carboxylic acids is 2. The van der Waals surface area contributed by atoms with Gasteiger partial charge in [0.05, 0.1) is 11.9 Å². The summed E-state index contributed by atoms with van der Waals surface area (Å²) in [7, 11) is -3.58. The molecule has 220 valence electrons. The Bertz CT molecular complexity index is 1430. The predicted molar refractivity (Wildman–Crippen MR) is 167 cm³/mol. The number of anilines is 1. The molecule has 0 spiro atoms. The summed E-state index contributed by atoms with van der Waals surface area (Å²) >= 11 is 6.10. The second-order valence-corrected chi connectivity index (χ2v) is 13.1. The molecule has 3 aromatic carbocycles. The molecule has 0 radical (unpaired) electrons. The van der Waals surface area contributed by atoms with Gasteiger partial charge in [-0.1, -0.05) is 66.2 Å². The van der Waals surface area contributed by atoms with Crippen LogP contribution in [0.2, 0.25) is 5.02 Å². The molecule has 0 saturated heterocycles. The molecular weight excluding hydrogens is 558 g/mol. The second kappa shape index (κ2) is 14.5. The molecule has 3 aromatic rings. The van der Waals surface area contributed by atoms with E-state index in [-0.39, 0.29) is 37.4 Å². The molecular formula is C32H40ClN3O4S. The molecule has 7 nitrogen and oxygen atoms in total. The number of sulfonamides is 1. The molecule has 0 aromatic heterocycles. The van der Waals surface area contributed by atoms with Gasteiger partial charge in [0.25, 0.3) is 0 Å². The van der Waals surface area contributed by atoms with Crippen molar-refractivity contribution >= 4 is 39.1 Å². The number of hydrogen-bond acceptors (Lipinski definition) is 4. The quantitative estimate of drug-likeness (QED) is 0.275. The van der Waals surface area contributed by atoms with E-state index in [1.54, 1.807) is 17.0 Å². The number of halogens is 1.